The Labute approximate surface area is 139 Å². The van der Waals surface area contributed by atoms with Crippen LogP contribution >= 0.6 is 12.4 Å². The Hall–Kier alpha value is -1.26. The van der Waals surface area contributed by atoms with Crippen LogP contribution in [0.4, 0.5) is 0 Å². The third-order valence-electron chi connectivity index (χ3n) is 4.35. The van der Waals surface area contributed by atoms with Gasteiger partial charge in [0.05, 0.1) is 7.11 Å². The van der Waals surface area contributed by atoms with Gasteiger partial charge in [0.1, 0.15) is 5.75 Å². The van der Waals surface area contributed by atoms with Crippen LogP contribution in [0.2, 0.25) is 0 Å². The number of carbonyl (C=O) groups is 1. The van der Waals surface area contributed by atoms with Crippen LogP contribution in [0.1, 0.15) is 32.3 Å². The number of methoxy groups -OCH3 is 1. The van der Waals surface area contributed by atoms with Gasteiger partial charge in [-0.1, -0.05) is 19.1 Å². The van der Waals surface area contributed by atoms with Crippen molar-refractivity contribution in [2.45, 2.75) is 45.2 Å². The van der Waals surface area contributed by atoms with Gasteiger partial charge in [-0.25, -0.2) is 0 Å². The average Bonchev–Trinajstić information content (AvgIpc) is 2.49. The van der Waals surface area contributed by atoms with Gasteiger partial charge in [-0.15, -0.1) is 12.4 Å². The molecule has 1 aliphatic rings. The smallest absolute Gasteiger partial charge is 0.220 e. The Balaban J connectivity index is 0.00000242. The van der Waals surface area contributed by atoms with Gasteiger partial charge in [0.25, 0.3) is 0 Å². The SMILES string of the molecule is COc1ccc(CCC(=O)NC2C(C)CCNC2C)cc1.Cl. The monoisotopic (exact) mass is 326 g/mol. The molecule has 124 valence electrons. The molecule has 1 aliphatic heterocycles. The molecule has 0 bridgehead atoms. The van der Waals surface area contributed by atoms with Crippen molar-refractivity contribution < 1.29 is 9.53 Å². The molecule has 2 N–H and O–H groups in total. The minimum Gasteiger partial charge on any atom is -0.497 e. The Morgan fingerprint density at radius 3 is 2.59 bits per heavy atom. The fourth-order valence-electron chi connectivity index (χ4n) is 2.91. The maximum Gasteiger partial charge on any atom is 0.220 e. The van der Waals surface area contributed by atoms with E-state index in [4.69, 9.17) is 4.74 Å². The predicted octanol–water partition coefficient (Wildman–Crippen LogP) is 2.55. The van der Waals surface area contributed by atoms with Crippen molar-refractivity contribution in [2.24, 2.45) is 5.92 Å². The van der Waals surface area contributed by atoms with Crippen molar-refractivity contribution in [2.75, 3.05) is 13.7 Å². The van der Waals surface area contributed by atoms with Crippen LogP contribution in [0.5, 0.6) is 5.75 Å². The highest BCUT2D eigenvalue weighted by molar-refractivity contribution is 5.85. The number of aryl methyl sites for hydroxylation is 1. The molecule has 4 nitrogen and oxygen atoms in total. The predicted molar refractivity (Wildman–Crippen MR) is 91.7 cm³/mol. The van der Waals surface area contributed by atoms with Crippen LogP contribution in [0.15, 0.2) is 24.3 Å². The van der Waals surface area contributed by atoms with Crippen molar-refractivity contribution in [3.8, 4) is 5.75 Å². The molecular weight excluding hydrogens is 300 g/mol. The number of ether oxygens (including phenoxy) is 1. The molecule has 3 atom stereocenters. The van der Waals surface area contributed by atoms with Crippen molar-refractivity contribution in [3.05, 3.63) is 29.8 Å². The number of benzene rings is 1. The van der Waals surface area contributed by atoms with Crippen LogP contribution in [0.3, 0.4) is 0 Å². The van der Waals surface area contributed by atoms with E-state index in [0.717, 1.165) is 30.7 Å². The summed E-state index contributed by atoms with van der Waals surface area (Å²) in [5.74, 6) is 1.52. The molecule has 1 aromatic carbocycles. The van der Waals surface area contributed by atoms with Crippen LogP contribution in [-0.4, -0.2) is 31.6 Å². The molecule has 0 radical (unpaired) electrons. The second-order valence-corrected chi connectivity index (χ2v) is 5.95. The summed E-state index contributed by atoms with van der Waals surface area (Å²) >= 11 is 0. The molecule has 0 aliphatic carbocycles. The third-order valence-corrected chi connectivity index (χ3v) is 4.35. The normalized spacial score (nSPS) is 24.2. The topological polar surface area (TPSA) is 50.4 Å². The van der Waals surface area contributed by atoms with E-state index >= 15 is 0 Å². The number of hydrogen-bond acceptors (Lipinski definition) is 3. The number of hydrogen-bond donors (Lipinski definition) is 2. The fraction of sp³-hybridized carbons (Fsp3) is 0.588. The average molecular weight is 327 g/mol. The van der Waals surface area contributed by atoms with Crippen molar-refractivity contribution in [1.29, 1.82) is 0 Å². The first-order valence-electron chi connectivity index (χ1n) is 7.76. The molecule has 5 heteroatoms. The summed E-state index contributed by atoms with van der Waals surface area (Å²) in [5.41, 5.74) is 1.16. The quantitative estimate of drug-likeness (QED) is 0.874. The zero-order valence-corrected chi connectivity index (χ0v) is 14.4. The highest BCUT2D eigenvalue weighted by Crippen LogP contribution is 2.17. The summed E-state index contributed by atoms with van der Waals surface area (Å²) in [6.07, 6.45) is 2.41. The molecule has 0 saturated carbocycles. The van der Waals surface area contributed by atoms with Crippen LogP contribution in [-0.2, 0) is 11.2 Å². The summed E-state index contributed by atoms with van der Waals surface area (Å²) in [7, 11) is 1.66. The minimum atomic E-state index is 0. The maximum absolute atomic E-state index is 12.1. The summed E-state index contributed by atoms with van der Waals surface area (Å²) in [4.78, 5) is 12.1. The lowest BCUT2D eigenvalue weighted by molar-refractivity contribution is -0.122. The first-order valence-corrected chi connectivity index (χ1v) is 7.76. The van der Waals surface area contributed by atoms with Crippen LogP contribution in [0.25, 0.3) is 0 Å². The molecule has 1 heterocycles. The Morgan fingerprint density at radius 2 is 2.00 bits per heavy atom. The van der Waals surface area contributed by atoms with Crippen LogP contribution < -0.4 is 15.4 Å². The van der Waals surface area contributed by atoms with Gasteiger partial charge >= 0.3 is 0 Å². The molecule has 0 spiro atoms. The highest BCUT2D eigenvalue weighted by atomic mass is 35.5. The van der Waals surface area contributed by atoms with E-state index < -0.39 is 0 Å². The molecule has 2 rings (SSSR count). The van der Waals surface area contributed by atoms with E-state index in [-0.39, 0.29) is 24.4 Å². The second kappa shape index (κ2) is 9.01. The summed E-state index contributed by atoms with van der Waals surface area (Å²) in [5, 5.41) is 6.61. The van der Waals surface area contributed by atoms with Crippen molar-refractivity contribution in [3.63, 3.8) is 0 Å². The molecule has 1 saturated heterocycles. The van der Waals surface area contributed by atoms with E-state index in [2.05, 4.69) is 24.5 Å². The van der Waals surface area contributed by atoms with E-state index in [1.807, 2.05) is 24.3 Å². The first-order chi connectivity index (χ1) is 10.1. The molecule has 1 fully saturated rings. The standard InChI is InChI=1S/C17H26N2O2.ClH/c1-12-10-11-18-13(2)17(12)19-16(20)9-6-14-4-7-15(21-3)8-5-14;/h4-5,7-8,12-13,17-18H,6,9-11H2,1-3H3,(H,19,20);1H. The maximum atomic E-state index is 12.1. The highest BCUT2D eigenvalue weighted by Gasteiger charge is 2.28. The number of nitrogens with one attached hydrogen (secondary N) is 2. The van der Waals surface area contributed by atoms with E-state index in [9.17, 15) is 4.79 Å². The van der Waals surface area contributed by atoms with Gasteiger partial charge in [0.2, 0.25) is 5.91 Å². The third kappa shape index (κ3) is 5.18. The van der Waals surface area contributed by atoms with E-state index in [1.165, 1.54) is 0 Å². The van der Waals surface area contributed by atoms with Gasteiger partial charge in [-0.2, -0.15) is 0 Å². The van der Waals surface area contributed by atoms with Gasteiger partial charge in [0, 0.05) is 18.5 Å². The van der Waals surface area contributed by atoms with Crippen molar-refractivity contribution in [1.82, 2.24) is 10.6 Å². The number of amides is 1. The van der Waals surface area contributed by atoms with Crippen LogP contribution in [0, 0.1) is 5.92 Å². The van der Waals surface area contributed by atoms with Gasteiger partial charge in [-0.3, -0.25) is 4.79 Å². The molecule has 1 aromatic rings. The lowest BCUT2D eigenvalue weighted by Gasteiger charge is -2.36. The lowest BCUT2D eigenvalue weighted by Crippen LogP contribution is -2.55. The van der Waals surface area contributed by atoms with Gasteiger partial charge in [0.15, 0.2) is 0 Å². The largest absolute Gasteiger partial charge is 0.497 e. The number of piperidine rings is 1. The summed E-state index contributed by atoms with van der Waals surface area (Å²) < 4.78 is 5.13. The van der Waals surface area contributed by atoms with Crippen molar-refractivity contribution >= 4 is 18.3 Å². The van der Waals surface area contributed by atoms with E-state index in [1.54, 1.807) is 7.11 Å². The lowest BCUT2D eigenvalue weighted by atomic mass is 9.89. The fourth-order valence-corrected chi connectivity index (χ4v) is 2.91. The Morgan fingerprint density at radius 1 is 1.32 bits per heavy atom. The number of rotatable bonds is 5. The zero-order valence-electron chi connectivity index (χ0n) is 13.6. The molecule has 3 unspecified atom stereocenters. The molecule has 1 amide bonds. The Bertz CT molecular complexity index is 454. The Kier molecular flexibility index (Phi) is 7.69. The summed E-state index contributed by atoms with van der Waals surface area (Å²) in [6, 6.07) is 8.48. The first kappa shape index (κ1) is 18.8. The molecule has 22 heavy (non-hydrogen) atoms. The number of halogens is 1. The summed E-state index contributed by atoms with van der Waals surface area (Å²) in [6.45, 7) is 5.40. The number of carbonyl (C=O) groups excluding carboxylic acids is 1. The van der Waals surface area contributed by atoms with Gasteiger partial charge in [-0.05, 0) is 49.9 Å². The molecule has 0 aromatic heterocycles. The van der Waals surface area contributed by atoms with Gasteiger partial charge < -0.3 is 15.4 Å². The van der Waals surface area contributed by atoms with E-state index in [0.29, 0.717) is 18.4 Å². The minimum absolute atomic E-state index is 0. The zero-order chi connectivity index (χ0) is 15.2. The molecular formula is C17H27ClN2O2. The second-order valence-electron chi connectivity index (χ2n) is 5.95.